The first kappa shape index (κ1) is 12.4. The Morgan fingerprint density at radius 1 is 1.53 bits per heavy atom. The van der Waals surface area contributed by atoms with Crippen molar-refractivity contribution in [3.63, 3.8) is 0 Å². The Bertz CT molecular complexity index is 452. The van der Waals surface area contributed by atoms with Gasteiger partial charge in [-0.1, -0.05) is 18.2 Å². The lowest BCUT2D eigenvalue weighted by atomic mass is 9.91. The van der Waals surface area contributed by atoms with Gasteiger partial charge < -0.3 is 10.6 Å². The van der Waals surface area contributed by atoms with E-state index in [9.17, 15) is 0 Å². The Labute approximate surface area is 116 Å². The normalized spacial score (nSPS) is 23.6. The van der Waals surface area contributed by atoms with Gasteiger partial charge in [0.2, 0.25) is 0 Å². The summed E-state index contributed by atoms with van der Waals surface area (Å²) < 4.78 is 1.23. The molecule has 0 fully saturated rings. The molecule has 4 heteroatoms. The lowest BCUT2D eigenvalue weighted by Crippen LogP contribution is -2.47. The summed E-state index contributed by atoms with van der Waals surface area (Å²) in [5.41, 5.74) is 7.02. The van der Waals surface area contributed by atoms with E-state index in [1.54, 1.807) is 0 Å². The van der Waals surface area contributed by atoms with Gasteiger partial charge in [-0.25, -0.2) is 0 Å². The summed E-state index contributed by atoms with van der Waals surface area (Å²) in [6, 6.07) is 8.52. The van der Waals surface area contributed by atoms with Crippen LogP contribution in [0.4, 0.5) is 0 Å². The first-order valence-corrected chi connectivity index (χ1v) is 6.60. The summed E-state index contributed by atoms with van der Waals surface area (Å²) in [5, 5.41) is 0. The van der Waals surface area contributed by atoms with Gasteiger partial charge >= 0.3 is 0 Å². The molecule has 1 atom stereocenters. The quantitative estimate of drug-likeness (QED) is 0.677. The smallest absolute Gasteiger partial charge is 0.192 e. The van der Waals surface area contributed by atoms with Gasteiger partial charge in [0.1, 0.15) is 0 Å². The number of guanidine groups is 1. The number of nitrogens with zero attached hydrogens (tertiary/aromatic N) is 2. The predicted octanol–water partition coefficient (Wildman–Crippen LogP) is 2.32. The summed E-state index contributed by atoms with van der Waals surface area (Å²) in [7, 11) is 0. The molecule has 0 saturated carbocycles. The Morgan fingerprint density at radius 3 is 2.76 bits per heavy atom. The van der Waals surface area contributed by atoms with E-state index in [1.807, 2.05) is 6.08 Å². The number of nitrogens with two attached hydrogens (primary N) is 1. The summed E-state index contributed by atoms with van der Waals surface area (Å²) in [6.07, 6.45) is 1.86. The molecular formula is C13H16IN3. The average molecular weight is 341 g/mol. The molecule has 17 heavy (non-hydrogen) atoms. The van der Waals surface area contributed by atoms with Crippen molar-refractivity contribution < 1.29 is 0 Å². The Morgan fingerprint density at radius 2 is 2.18 bits per heavy atom. The summed E-state index contributed by atoms with van der Waals surface area (Å²) >= 11 is 2.31. The number of benzene rings is 1. The van der Waals surface area contributed by atoms with E-state index in [4.69, 9.17) is 5.73 Å². The second-order valence-electron chi connectivity index (χ2n) is 4.35. The van der Waals surface area contributed by atoms with Gasteiger partial charge in [-0.2, -0.15) is 0 Å². The van der Waals surface area contributed by atoms with Crippen LogP contribution in [0.2, 0.25) is 0 Å². The van der Waals surface area contributed by atoms with Gasteiger partial charge in [-0.05, 0) is 47.2 Å². The third-order valence-corrected chi connectivity index (χ3v) is 3.92. The highest BCUT2D eigenvalue weighted by atomic mass is 127. The van der Waals surface area contributed by atoms with Crippen molar-refractivity contribution in [3.05, 3.63) is 46.1 Å². The largest absolute Gasteiger partial charge is 0.370 e. The van der Waals surface area contributed by atoms with E-state index in [0.717, 1.165) is 6.54 Å². The van der Waals surface area contributed by atoms with Gasteiger partial charge in [-0.15, -0.1) is 6.58 Å². The summed E-state index contributed by atoms with van der Waals surface area (Å²) in [4.78, 5) is 6.46. The van der Waals surface area contributed by atoms with Crippen LogP contribution in [-0.4, -0.2) is 23.9 Å². The van der Waals surface area contributed by atoms with E-state index in [-0.39, 0.29) is 5.54 Å². The van der Waals surface area contributed by atoms with Gasteiger partial charge in [0, 0.05) is 10.1 Å². The molecule has 2 N–H and O–H groups in total. The zero-order valence-electron chi connectivity index (χ0n) is 9.86. The standard InChI is InChI=1S/C13H16IN3/c1-3-8-17-12(15)16-9-13(17,2)10-4-6-11(14)7-5-10/h3-7H,1,8-9H2,2H3,(H2,15,16). The third kappa shape index (κ3) is 2.18. The minimum Gasteiger partial charge on any atom is -0.370 e. The van der Waals surface area contributed by atoms with Gasteiger partial charge in [0.05, 0.1) is 12.1 Å². The maximum atomic E-state index is 5.93. The van der Waals surface area contributed by atoms with E-state index in [2.05, 4.69) is 70.3 Å². The van der Waals surface area contributed by atoms with E-state index in [0.29, 0.717) is 12.5 Å². The van der Waals surface area contributed by atoms with Crippen LogP contribution < -0.4 is 5.73 Å². The SMILES string of the molecule is C=CCN1C(N)=NCC1(C)c1ccc(I)cc1. The van der Waals surface area contributed by atoms with Crippen LogP contribution in [0, 0.1) is 3.57 Å². The molecule has 2 rings (SSSR count). The van der Waals surface area contributed by atoms with Crippen molar-refractivity contribution in [2.75, 3.05) is 13.1 Å². The highest BCUT2D eigenvalue weighted by molar-refractivity contribution is 14.1. The number of halogens is 1. The Balaban J connectivity index is 2.35. The molecule has 1 aliphatic heterocycles. The van der Waals surface area contributed by atoms with Crippen molar-refractivity contribution in [1.29, 1.82) is 0 Å². The third-order valence-electron chi connectivity index (χ3n) is 3.20. The molecule has 1 aromatic rings. The van der Waals surface area contributed by atoms with Gasteiger partial charge in [-0.3, -0.25) is 4.99 Å². The molecule has 1 unspecified atom stereocenters. The second-order valence-corrected chi connectivity index (χ2v) is 5.60. The Hall–Kier alpha value is -1.04. The molecule has 0 aromatic heterocycles. The molecule has 0 saturated heterocycles. The molecule has 0 aliphatic carbocycles. The van der Waals surface area contributed by atoms with Crippen molar-refractivity contribution in [3.8, 4) is 0 Å². The van der Waals surface area contributed by atoms with Crippen LogP contribution in [-0.2, 0) is 5.54 Å². The average Bonchev–Trinajstić information content (AvgIpc) is 2.60. The minimum absolute atomic E-state index is 0.150. The van der Waals surface area contributed by atoms with Crippen LogP contribution in [0.1, 0.15) is 12.5 Å². The van der Waals surface area contributed by atoms with Crippen molar-refractivity contribution >= 4 is 28.6 Å². The maximum Gasteiger partial charge on any atom is 0.192 e. The molecule has 1 aromatic carbocycles. The van der Waals surface area contributed by atoms with Gasteiger partial charge in [0.25, 0.3) is 0 Å². The van der Waals surface area contributed by atoms with Gasteiger partial charge in [0.15, 0.2) is 5.96 Å². The van der Waals surface area contributed by atoms with Crippen LogP contribution in [0.25, 0.3) is 0 Å². The van der Waals surface area contributed by atoms with E-state index >= 15 is 0 Å². The fourth-order valence-electron chi connectivity index (χ4n) is 2.14. The summed E-state index contributed by atoms with van der Waals surface area (Å²) in [6.45, 7) is 7.37. The number of aliphatic imine (C=N–C) groups is 1. The highest BCUT2D eigenvalue weighted by Gasteiger charge is 2.38. The zero-order chi connectivity index (χ0) is 12.5. The molecule has 0 amide bonds. The Kier molecular flexibility index (Phi) is 3.42. The molecule has 1 heterocycles. The summed E-state index contributed by atoms with van der Waals surface area (Å²) in [5.74, 6) is 0.603. The number of rotatable bonds is 3. The minimum atomic E-state index is -0.150. The van der Waals surface area contributed by atoms with Crippen LogP contribution in [0.5, 0.6) is 0 Å². The fraction of sp³-hybridized carbons (Fsp3) is 0.308. The number of hydrogen-bond donors (Lipinski definition) is 1. The predicted molar refractivity (Wildman–Crippen MR) is 79.9 cm³/mol. The molecular weight excluding hydrogens is 325 g/mol. The van der Waals surface area contributed by atoms with Crippen molar-refractivity contribution in [2.45, 2.75) is 12.5 Å². The molecule has 1 aliphatic rings. The molecule has 0 spiro atoms. The lowest BCUT2D eigenvalue weighted by molar-refractivity contribution is 0.245. The van der Waals surface area contributed by atoms with E-state index in [1.165, 1.54) is 9.13 Å². The fourth-order valence-corrected chi connectivity index (χ4v) is 2.50. The molecule has 90 valence electrons. The lowest BCUT2D eigenvalue weighted by Gasteiger charge is -2.36. The van der Waals surface area contributed by atoms with Crippen LogP contribution >= 0.6 is 22.6 Å². The van der Waals surface area contributed by atoms with Crippen LogP contribution in [0.3, 0.4) is 0 Å². The van der Waals surface area contributed by atoms with Crippen LogP contribution in [0.15, 0.2) is 41.9 Å². The maximum absolute atomic E-state index is 5.93. The highest BCUT2D eigenvalue weighted by Crippen LogP contribution is 2.32. The van der Waals surface area contributed by atoms with Crippen molar-refractivity contribution in [2.24, 2.45) is 10.7 Å². The molecule has 3 nitrogen and oxygen atoms in total. The monoisotopic (exact) mass is 341 g/mol. The van der Waals surface area contributed by atoms with Crippen molar-refractivity contribution in [1.82, 2.24) is 4.90 Å². The number of hydrogen-bond acceptors (Lipinski definition) is 3. The second kappa shape index (κ2) is 4.68. The topological polar surface area (TPSA) is 41.6 Å². The first-order valence-electron chi connectivity index (χ1n) is 5.52. The first-order chi connectivity index (χ1) is 8.08. The van der Waals surface area contributed by atoms with E-state index < -0.39 is 0 Å². The zero-order valence-corrected chi connectivity index (χ0v) is 12.0. The molecule has 0 radical (unpaired) electrons. The molecule has 0 bridgehead atoms.